The van der Waals surface area contributed by atoms with Crippen molar-refractivity contribution in [2.45, 2.75) is 33.3 Å². The van der Waals surface area contributed by atoms with Crippen LogP contribution in [-0.2, 0) is 4.74 Å². The molecule has 27 heavy (non-hydrogen) atoms. The zero-order valence-corrected chi connectivity index (χ0v) is 16.3. The lowest BCUT2D eigenvalue weighted by atomic mass is 10.1. The van der Waals surface area contributed by atoms with Crippen molar-refractivity contribution in [3.8, 4) is 11.3 Å². The number of H-pyrrole nitrogens is 1. The van der Waals surface area contributed by atoms with Crippen LogP contribution >= 0.6 is 0 Å². The van der Waals surface area contributed by atoms with Crippen molar-refractivity contribution in [3.05, 3.63) is 41.6 Å². The summed E-state index contributed by atoms with van der Waals surface area (Å²) in [6.07, 6.45) is -0.335. The van der Waals surface area contributed by atoms with E-state index in [1.165, 1.54) is 5.56 Å². The van der Waals surface area contributed by atoms with Crippen molar-refractivity contribution in [1.29, 1.82) is 0 Å². The number of nitrogens with zero attached hydrogens (tertiary/aromatic N) is 3. The maximum atomic E-state index is 12.7. The first-order valence-corrected chi connectivity index (χ1v) is 9.12. The molecule has 0 unspecified atom stereocenters. The van der Waals surface area contributed by atoms with E-state index in [2.05, 4.69) is 10.2 Å². The fraction of sp³-hybridized carbons (Fsp3) is 0.450. The van der Waals surface area contributed by atoms with Gasteiger partial charge in [0.05, 0.1) is 5.69 Å². The number of aryl methyl sites for hydroxylation is 1. The van der Waals surface area contributed by atoms with E-state index < -0.39 is 5.60 Å². The summed E-state index contributed by atoms with van der Waals surface area (Å²) >= 11 is 0. The van der Waals surface area contributed by atoms with E-state index in [1.54, 1.807) is 15.9 Å². The lowest BCUT2D eigenvalue weighted by molar-refractivity contribution is 0.0140. The molecule has 2 amide bonds. The number of rotatable bonds is 2. The topological polar surface area (TPSA) is 78.5 Å². The van der Waals surface area contributed by atoms with Gasteiger partial charge >= 0.3 is 6.09 Å². The fourth-order valence-electron chi connectivity index (χ4n) is 2.89. The van der Waals surface area contributed by atoms with E-state index in [0.717, 1.165) is 11.3 Å². The number of aromatic nitrogens is 2. The average molecular weight is 370 g/mol. The maximum absolute atomic E-state index is 12.7. The second-order valence-corrected chi connectivity index (χ2v) is 7.79. The first-order valence-electron chi connectivity index (χ1n) is 9.12. The Kier molecular flexibility index (Phi) is 5.21. The highest BCUT2D eigenvalue weighted by atomic mass is 16.6. The van der Waals surface area contributed by atoms with Gasteiger partial charge in [-0.15, -0.1) is 0 Å². The standard InChI is InChI=1S/C20H26N4O3/c1-14-5-7-15(8-6-14)16-13-17(22-21-16)18(25)23-9-11-24(12-10-23)19(26)27-20(2,3)4/h5-8,13H,9-12H2,1-4H3,(H,21,22). The Morgan fingerprint density at radius 3 is 2.22 bits per heavy atom. The van der Waals surface area contributed by atoms with Gasteiger partial charge in [-0.2, -0.15) is 5.10 Å². The van der Waals surface area contributed by atoms with Crippen LogP contribution in [0.4, 0.5) is 4.79 Å². The molecule has 0 bridgehead atoms. The van der Waals surface area contributed by atoms with E-state index in [-0.39, 0.29) is 12.0 Å². The van der Waals surface area contributed by atoms with Crippen LogP contribution < -0.4 is 0 Å². The van der Waals surface area contributed by atoms with Crippen molar-refractivity contribution in [3.63, 3.8) is 0 Å². The summed E-state index contributed by atoms with van der Waals surface area (Å²) in [5.74, 6) is -0.107. The summed E-state index contributed by atoms with van der Waals surface area (Å²) in [7, 11) is 0. The predicted molar refractivity (Wildman–Crippen MR) is 102 cm³/mol. The van der Waals surface area contributed by atoms with Gasteiger partial charge in [0.1, 0.15) is 11.3 Å². The lowest BCUT2D eigenvalue weighted by Crippen LogP contribution is -2.51. The fourth-order valence-corrected chi connectivity index (χ4v) is 2.89. The van der Waals surface area contributed by atoms with Crippen LogP contribution in [0.25, 0.3) is 11.3 Å². The minimum absolute atomic E-state index is 0.107. The summed E-state index contributed by atoms with van der Waals surface area (Å²) in [6, 6.07) is 9.77. The van der Waals surface area contributed by atoms with E-state index >= 15 is 0 Å². The SMILES string of the molecule is Cc1ccc(-c2cc(C(=O)N3CCN(C(=O)OC(C)(C)C)CC3)[nH]n2)cc1. The zero-order valence-electron chi connectivity index (χ0n) is 16.3. The highest BCUT2D eigenvalue weighted by Gasteiger charge is 2.28. The molecule has 1 aliphatic rings. The Morgan fingerprint density at radius 2 is 1.63 bits per heavy atom. The average Bonchev–Trinajstić information content (AvgIpc) is 3.10. The van der Waals surface area contributed by atoms with E-state index in [1.807, 2.05) is 52.0 Å². The summed E-state index contributed by atoms with van der Waals surface area (Å²) in [5.41, 5.74) is 2.81. The normalized spacial score (nSPS) is 15.0. The largest absolute Gasteiger partial charge is 0.444 e. The smallest absolute Gasteiger partial charge is 0.410 e. The monoisotopic (exact) mass is 370 g/mol. The molecule has 0 spiro atoms. The summed E-state index contributed by atoms with van der Waals surface area (Å²) in [6.45, 7) is 9.41. The Balaban J connectivity index is 1.60. The molecule has 1 fully saturated rings. The number of benzene rings is 1. The van der Waals surface area contributed by atoms with Gasteiger partial charge in [0.25, 0.3) is 5.91 Å². The number of carbonyl (C=O) groups is 2. The van der Waals surface area contributed by atoms with Crippen LogP contribution in [0.2, 0.25) is 0 Å². The van der Waals surface area contributed by atoms with E-state index in [9.17, 15) is 9.59 Å². The molecule has 2 heterocycles. The molecule has 0 atom stereocenters. The highest BCUT2D eigenvalue weighted by molar-refractivity contribution is 5.93. The molecule has 7 nitrogen and oxygen atoms in total. The minimum atomic E-state index is -0.521. The van der Waals surface area contributed by atoms with Gasteiger partial charge in [0.2, 0.25) is 0 Å². The van der Waals surface area contributed by atoms with Gasteiger partial charge in [-0.05, 0) is 33.8 Å². The van der Waals surface area contributed by atoms with Gasteiger partial charge in [0.15, 0.2) is 0 Å². The summed E-state index contributed by atoms with van der Waals surface area (Å²) < 4.78 is 5.39. The Labute approximate surface area is 159 Å². The quantitative estimate of drug-likeness (QED) is 0.881. The molecule has 1 aromatic heterocycles. The second kappa shape index (κ2) is 7.42. The van der Waals surface area contributed by atoms with Gasteiger partial charge in [-0.3, -0.25) is 9.89 Å². The lowest BCUT2D eigenvalue weighted by Gasteiger charge is -2.35. The van der Waals surface area contributed by atoms with E-state index in [0.29, 0.717) is 31.9 Å². The summed E-state index contributed by atoms with van der Waals surface area (Å²) in [4.78, 5) is 28.2. The molecule has 1 aliphatic heterocycles. The number of aromatic amines is 1. The molecule has 0 saturated carbocycles. The van der Waals surface area contributed by atoms with Crippen molar-refractivity contribution in [2.24, 2.45) is 0 Å². The van der Waals surface area contributed by atoms with Crippen LogP contribution in [0, 0.1) is 6.92 Å². The van der Waals surface area contributed by atoms with Gasteiger partial charge < -0.3 is 14.5 Å². The molecule has 2 aromatic rings. The van der Waals surface area contributed by atoms with Crippen LogP contribution in [0.1, 0.15) is 36.8 Å². The predicted octanol–water partition coefficient (Wildman–Crippen LogP) is 3.08. The zero-order chi connectivity index (χ0) is 19.6. The van der Waals surface area contributed by atoms with Crippen molar-refractivity contribution in [2.75, 3.05) is 26.2 Å². The number of nitrogens with one attached hydrogen (secondary N) is 1. The molecule has 0 aliphatic carbocycles. The molecule has 7 heteroatoms. The first kappa shape index (κ1) is 18.9. The highest BCUT2D eigenvalue weighted by Crippen LogP contribution is 2.19. The number of carbonyl (C=O) groups excluding carboxylic acids is 2. The molecular weight excluding hydrogens is 344 g/mol. The Bertz CT molecular complexity index is 812. The molecule has 0 radical (unpaired) electrons. The third kappa shape index (κ3) is 4.67. The van der Waals surface area contributed by atoms with Gasteiger partial charge in [0, 0.05) is 31.7 Å². The van der Waals surface area contributed by atoms with Crippen molar-refractivity contribution in [1.82, 2.24) is 20.0 Å². The number of amides is 2. The minimum Gasteiger partial charge on any atom is -0.444 e. The van der Waals surface area contributed by atoms with Crippen LogP contribution in [-0.4, -0.2) is 63.8 Å². The molecule has 1 aromatic carbocycles. The second-order valence-electron chi connectivity index (χ2n) is 7.79. The van der Waals surface area contributed by atoms with Crippen LogP contribution in [0.5, 0.6) is 0 Å². The third-order valence-electron chi connectivity index (χ3n) is 4.37. The molecule has 3 rings (SSSR count). The van der Waals surface area contributed by atoms with Gasteiger partial charge in [-0.1, -0.05) is 29.8 Å². The van der Waals surface area contributed by atoms with Gasteiger partial charge in [-0.25, -0.2) is 4.79 Å². The Hall–Kier alpha value is -2.83. The van der Waals surface area contributed by atoms with Crippen LogP contribution in [0.3, 0.4) is 0 Å². The maximum Gasteiger partial charge on any atom is 0.410 e. The number of piperazine rings is 1. The molecular formula is C20H26N4O3. The summed E-state index contributed by atoms with van der Waals surface area (Å²) in [5, 5.41) is 7.09. The van der Waals surface area contributed by atoms with Crippen LogP contribution in [0.15, 0.2) is 30.3 Å². The molecule has 1 saturated heterocycles. The van der Waals surface area contributed by atoms with Crippen molar-refractivity contribution < 1.29 is 14.3 Å². The van der Waals surface area contributed by atoms with Crippen molar-refractivity contribution >= 4 is 12.0 Å². The first-order chi connectivity index (χ1) is 12.7. The third-order valence-corrected chi connectivity index (χ3v) is 4.37. The Morgan fingerprint density at radius 1 is 1.04 bits per heavy atom. The number of hydrogen-bond donors (Lipinski definition) is 1. The molecule has 1 N–H and O–H groups in total. The molecule has 144 valence electrons. The number of ether oxygens (including phenoxy) is 1. The number of hydrogen-bond acceptors (Lipinski definition) is 4. The van der Waals surface area contributed by atoms with E-state index in [4.69, 9.17) is 4.74 Å².